The number of carboxylic acids is 1. The summed E-state index contributed by atoms with van der Waals surface area (Å²) in [5.74, 6) is -2.17. The van der Waals surface area contributed by atoms with E-state index in [1.165, 1.54) is 34.8 Å². The van der Waals surface area contributed by atoms with Crippen molar-refractivity contribution < 1.29 is 27.5 Å². The fraction of sp³-hybridized carbons (Fsp3) is 0.263. The van der Waals surface area contributed by atoms with Crippen molar-refractivity contribution in [2.24, 2.45) is 7.05 Å². The monoisotopic (exact) mass is 499 g/mol. The maximum atomic E-state index is 14.7. The Labute approximate surface area is 180 Å². The van der Waals surface area contributed by atoms with Crippen molar-refractivity contribution in [2.75, 3.05) is 0 Å². The number of aromatic carboxylic acids is 1. The zero-order valence-corrected chi connectivity index (χ0v) is 17.4. The number of fused-ring (bicyclic) bond motifs is 3. The second-order valence-electron chi connectivity index (χ2n) is 6.91. The molecular formula is C19H14BrF4N5O2. The molecule has 0 aliphatic heterocycles. The molecule has 0 amide bonds. The molecule has 31 heavy (non-hydrogen) atoms. The molecule has 4 rings (SSSR count). The van der Waals surface area contributed by atoms with Gasteiger partial charge < -0.3 is 9.67 Å². The molecule has 0 fully saturated rings. The maximum absolute atomic E-state index is 14.7. The predicted octanol–water partition coefficient (Wildman–Crippen LogP) is 4.85. The van der Waals surface area contributed by atoms with E-state index in [1.54, 1.807) is 6.07 Å². The van der Waals surface area contributed by atoms with Crippen molar-refractivity contribution in [3.05, 3.63) is 52.3 Å². The van der Waals surface area contributed by atoms with Crippen LogP contribution in [-0.2, 0) is 7.05 Å². The third kappa shape index (κ3) is 3.75. The van der Waals surface area contributed by atoms with E-state index in [-0.39, 0.29) is 16.9 Å². The summed E-state index contributed by atoms with van der Waals surface area (Å²) in [4.78, 5) is 20.2. The summed E-state index contributed by atoms with van der Waals surface area (Å²) >= 11 is 3.28. The molecule has 4 aromatic heterocycles. The summed E-state index contributed by atoms with van der Waals surface area (Å²) in [6.45, 7) is 0. The van der Waals surface area contributed by atoms with Gasteiger partial charge in [-0.1, -0.05) is 0 Å². The number of nitrogens with zero attached hydrogens (tertiary/aromatic N) is 5. The minimum absolute atomic E-state index is 0.0489. The lowest BCUT2D eigenvalue weighted by Gasteiger charge is -2.22. The third-order valence-corrected chi connectivity index (χ3v) is 5.33. The number of aromatic nitrogens is 5. The summed E-state index contributed by atoms with van der Waals surface area (Å²) in [5, 5.41) is 13.7. The number of alkyl halides is 3. The molecular weight excluding hydrogens is 486 g/mol. The molecule has 4 aromatic rings. The van der Waals surface area contributed by atoms with Crippen LogP contribution in [0, 0.1) is 5.82 Å². The van der Waals surface area contributed by atoms with E-state index in [0.717, 1.165) is 6.07 Å². The molecule has 4 heterocycles. The summed E-state index contributed by atoms with van der Waals surface area (Å²) in [7, 11) is 1.51. The summed E-state index contributed by atoms with van der Waals surface area (Å²) < 4.78 is 57.2. The molecule has 7 nitrogen and oxygen atoms in total. The van der Waals surface area contributed by atoms with Crippen LogP contribution in [0.15, 0.2) is 35.1 Å². The first-order valence-corrected chi connectivity index (χ1v) is 9.80. The van der Waals surface area contributed by atoms with E-state index in [4.69, 9.17) is 0 Å². The Morgan fingerprint density at radius 2 is 2.03 bits per heavy atom. The van der Waals surface area contributed by atoms with Gasteiger partial charge in [0, 0.05) is 30.3 Å². The van der Waals surface area contributed by atoms with Crippen LogP contribution < -0.4 is 0 Å². The van der Waals surface area contributed by atoms with Gasteiger partial charge in [-0.25, -0.2) is 9.18 Å². The molecule has 0 saturated carbocycles. The van der Waals surface area contributed by atoms with E-state index in [2.05, 4.69) is 31.0 Å². The highest BCUT2D eigenvalue weighted by Gasteiger charge is 2.34. The average Bonchev–Trinajstić information content (AvgIpc) is 3.18. The molecule has 0 aliphatic carbocycles. The van der Waals surface area contributed by atoms with Crippen LogP contribution in [0.1, 0.15) is 35.1 Å². The number of aryl methyl sites for hydroxylation is 1. The molecule has 0 aromatic carbocycles. The molecule has 12 heteroatoms. The zero-order chi connectivity index (χ0) is 22.5. The van der Waals surface area contributed by atoms with Gasteiger partial charge in [-0.3, -0.25) is 14.6 Å². The number of hydrogen-bond donors (Lipinski definition) is 1. The highest BCUT2D eigenvalue weighted by atomic mass is 79.9. The Hall–Kier alpha value is -3.02. The number of carbonyl (C=O) groups is 1. The van der Waals surface area contributed by atoms with E-state index < -0.39 is 36.8 Å². The van der Waals surface area contributed by atoms with Gasteiger partial charge in [0.25, 0.3) is 0 Å². The highest BCUT2D eigenvalue weighted by Crippen LogP contribution is 2.39. The Bertz CT molecular complexity index is 1310. The van der Waals surface area contributed by atoms with Gasteiger partial charge in [-0.15, -0.1) is 0 Å². The first-order chi connectivity index (χ1) is 14.6. The summed E-state index contributed by atoms with van der Waals surface area (Å²) in [6, 6.07) is 2.77. The normalized spacial score (nSPS) is 13.2. The van der Waals surface area contributed by atoms with Crippen molar-refractivity contribution in [1.82, 2.24) is 24.3 Å². The van der Waals surface area contributed by atoms with E-state index in [1.807, 2.05) is 0 Å². The van der Waals surface area contributed by atoms with Gasteiger partial charge in [0.15, 0.2) is 5.69 Å². The zero-order valence-electron chi connectivity index (χ0n) is 15.9. The minimum Gasteiger partial charge on any atom is -0.476 e. The quantitative estimate of drug-likeness (QED) is 0.396. The van der Waals surface area contributed by atoms with Gasteiger partial charge >= 0.3 is 12.1 Å². The molecule has 0 radical (unpaired) electrons. The fourth-order valence-corrected chi connectivity index (χ4v) is 4.04. The number of hydrogen-bond acceptors (Lipinski definition) is 4. The Morgan fingerprint density at radius 1 is 1.29 bits per heavy atom. The third-order valence-electron chi connectivity index (χ3n) is 4.90. The molecule has 162 valence electrons. The maximum Gasteiger partial charge on any atom is 0.389 e. The highest BCUT2D eigenvalue weighted by molar-refractivity contribution is 9.10. The number of halogens is 5. The lowest BCUT2D eigenvalue weighted by Crippen LogP contribution is -2.18. The average molecular weight is 500 g/mol. The molecule has 0 saturated heterocycles. The van der Waals surface area contributed by atoms with Crippen LogP contribution in [0.25, 0.3) is 22.1 Å². The minimum atomic E-state index is -4.50. The Kier molecular flexibility index (Phi) is 5.20. The summed E-state index contributed by atoms with van der Waals surface area (Å²) in [6.07, 6.45) is -3.53. The molecule has 1 unspecified atom stereocenters. The number of pyridine rings is 2. The lowest BCUT2D eigenvalue weighted by molar-refractivity contribution is -0.136. The van der Waals surface area contributed by atoms with Crippen LogP contribution in [-0.4, -0.2) is 41.6 Å². The van der Waals surface area contributed by atoms with Gasteiger partial charge in [-0.05, 0) is 40.5 Å². The van der Waals surface area contributed by atoms with Gasteiger partial charge in [-0.2, -0.15) is 18.3 Å². The lowest BCUT2D eigenvalue weighted by atomic mass is 10.1. The Morgan fingerprint density at radius 3 is 2.68 bits per heavy atom. The van der Waals surface area contributed by atoms with Crippen LogP contribution in [0.5, 0.6) is 0 Å². The van der Waals surface area contributed by atoms with Crippen LogP contribution >= 0.6 is 15.9 Å². The van der Waals surface area contributed by atoms with Crippen molar-refractivity contribution in [3.63, 3.8) is 0 Å². The fourth-order valence-electron chi connectivity index (χ4n) is 3.72. The number of carboxylic acid groups (broad SMARTS) is 1. The predicted molar refractivity (Wildman–Crippen MR) is 106 cm³/mol. The SMILES string of the molecule is Cn1nc(C(=O)O)c2c1c1ncc(Br)cc1n2C(CCC(F)(F)F)c1ncccc1F. The van der Waals surface area contributed by atoms with Crippen molar-refractivity contribution >= 4 is 44.0 Å². The van der Waals surface area contributed by atoms with Crippen molar-refractivity contribution in [1.29, 1.82) is 0 Å². The second-order valence-corrected chi connectivity index (χ2v) is 7.82. The molecule has 1 N–H and O–H groups in total. The van der Waals surface area contributed by atoms with Crippen LogP contribution in [0.3, 0.4) is 0 Å². The topological polar surface area (TPSA) is 85.8 Å². The standard InChI is InChI=1S/C19H14BrF4N5O2/c1-28-16-14-12(7-9(20)8-26-14)29(17(16)15(27-28)18(30)31)11(4-5-19(22,23)24)13-10(21)3-2-6-25-13/h2-3,6-8,11H,4-5H2,1H3,(H,30,31). The van der Waals surface area contributed by atoms with Crippen LogP contribution in [0.4, 0.5) is 17.6 Å². The smallest absolute Gasteiger partial charge is 0.389 e. The summed E-state index contributed by atoms with van der Waals surface area (Å²) in [5.41, 5.74) is 0.415. The van der Waals surface area contributed by atoms with E-state index in [9.17, 15) is 27.5 Å². The Balaban J connectivity index is 2.11. The van der Waals surface area contributed by atoms with Crippen LogP contribution in [0.2, 0.25) is 0 Å². The first kappa shape index (κ1) is 21.2. The molecule has 1 atom stereocenters. The van der Waals surface area contributed by atoms with E-state index in [0.29, 0.717) is 21.0 Å². The molecule has 0 spiro atoms. The van der Waals surface area contributed by atoms with Crippen molar-refractivity contribution in [3.8, 4) is 0 Å². The number of rotatable bonds is 5. The second kappa shape index (κ2) is 7.59. The largest absolute Gasteiger partial charge is 0.476 e. The van der Waals surface area contributed by atoms with Crippen molar-refractivity contribution in [2.45, 2.75) is 25.1 Å². The van der Waals surface area contributed by atoms with Gasteiger partial charge in [0.05, 0.1) is 17.3 Å². The van der Waals surface area contributed by atoms with E-state index >= 15 is 0 Å². The molecule has 0 aliphatic rings. The first-order valence-electron chi connectivity index (χ1n) is 9.01. The van der Waals surface area contributed by atoms with Gasteiger partial charge in [0.2, 0.25) is 0 Å². The van der Waals surface area contributed by atoms with Gasteiger partial charge in [0.1, 0.15) is 22.4 Å². The molecule has 0 bridgehead atoms.